The number of benzene rings is 4. The second-order valence-electron chi connectivity index (χ2n) is 14.0. The van der Waals surface area contributed by atoms with Crippen LogP contribution in [0.4, 0.5) is 0 Å². The van der Waals surface area contributed by atoms with Gasteiger partial charge in [-0.15, -0.1) is 0 Å². The lowest BCUT2D eigenvalue weighted by molar-refractivity contribution is -0.328. The van der Waals surface area contributed by atoms with E-state index in [1.165, 1.54) is 13.8 Å². The molecule has 0 aliphatic carbocycles. The van der Waals surface area contributed by atoms with Crippen LogP contribution in [0.1, 0.15) is 43.0 Å². The van der Waals surface area contributed by atoms with Crippen LogP contribution in [0.25, 0.3) is 0 Å². The number of carbonyl (C=O) groups is 2. The molecule has 2 aliphatic rings. The van der Waals surface area contributed by atoms with Crippen LogP contribution in [0.2, 0.25) is 0 Å². The van der Waals surface area contributed by atoms with E-state index in [1.54, 1.807) is 0 Å². The summed E-state index contributed by atoms with van der Waals surface area (Å²) in [5.74, 6) is -0.931. The van der Waals surface area contributed by atoms with Crippen molar-refractivity contribution in [2.24, 2.45) is 0 Å². The smallest absolute Gasteiger partial charge is 0.303 e. The van der Waals surface area contributed by atoms with Crippen LogP contribution in [0.3, 0.4) is 0 Å². The largest absolute Gasteiger partial charge is 0.454 e. The Balaban J connectivity index is 1.26. The first kappa shape index (κ1) is 41.1. The highest BCUT2D eigenvalue weighted by Gasteiger charge is 2.51. The number of rotatable bonds is 17. The fourth-order valence-electron chi connectivity index (χ4n) is 6.94. The van der Waals surface area contributed by atoms with E-state index in [-0.39, 0.29) is 38.9 Å². The molecule has 2 saturated heterocycles. The van der Waals surface area contributed by atoms with Crippen molar-refractivity contribution in [3.8, 4) is 0 Å². The third-order valence-electron chi connectivity index (χ3n) is 9.63. The summed E-state index contributed by atoms with van der Waals surface area (Å²) < 4.78 is 50.9. The highest BCUT2D eigenvalue weighted by atomic mass is 16.7. The zero-order valence-corrected chi connectivity index (χ0v) is 31.9. The van der Waals surface area contributed by atoms with Gasteiger partial charge in [-0.2, -0.15) is 0 Å². The standard InChI is InChI=1S/C44H51NO11/c1-29-38(49-24-32-16-8-4-9-17-32)41(52-27-35-22-14-7-15-23-35)42(55-31(3)47)44(54-29)53-28-36-39(50-25-33-18-10-5-11-19-33)40(37(43(48)56-36)45-30(2)46)51-26-34-20-12-6-13-21-34/h4-23,29,36-44,48H,24-28H2,1-3H3,(H,45,46)/t29-,36+,37+,38-,39+,40+,41+,42+,43-,44+/m0/s1. The summed E-state index contributed by atoms with van der Waals surface area (Å²) in [5, 5.41) is 14.1. The molecule has 0 saturated carbocycles. The minimum absolute atomic E-state index is 0.176. The predicted octanol–water partition coefficient (Wildman–Crippen LogP) is 5.24. The van der Waals surface area contributed by atoms with Gasteiger partial charge in [-0.3, -0.25) is 9.59 Å². The summed E-state index contributed by atoms with van der Waals surface area (Å²) in [7, 11) is 0. The first-order valence-corrected chi connectivity index (χ1v) is 18.9. The van der Waals surface area contributed by atoms with E-state index in [1.807, 2.05) is 128 Å². The molecule has 0 radical (unpaired) electrons. The van der Waals surface area contributed by atoms with Gasteiger partial charge >= 0.3 is 5.97 Å². The molecule has 298 valence electrons. The normalized spacial score (nSPS) is 27.6. The van der Waals surface area contributed by atoms with Crippen molar-refractivity contribution in [3.63, 3.8) is 0 Å². The van der Waals surface area contributed by atoms with Crippen LogP contribution >= 0.6 is 0 Å². The third kappa shape index (κ3) is 11.5. The molecule has 2 aliphatic heterocycles. The maximum atomic E-state index is 12.7. The maximum Gasteiger partial charge on any atom is 0.303 e. The van der Waals surface area contributed by atoms with Crippen LogP contribution in [-0.2, 0) is 73.9 Å². The van der Waals surface area contributed by atoms with Crippen molar-refractivity contribution in [3.05, 3.63) is 144 Å². The van der Waals surface area contributed by atoms with Crippen molar-refractivity contribution >= 4 is 11.9 Å². The van der Waals surface area contributed by atoms with E-state index >= 15 is 0 Å². The van der Waals surface area contributed by atoms with E-state index in [9.17, 15) is 14.7 Å². The van der Waals surface area contributed by atoms with Gasteiger partial charge in [0.15, 0.2) is 18.7 Å². The molecule has 4 aromatic rings. The number of hydrogen-bond acceptors (Lipinski definition) is 11. The Morgan fingerprint density at radius 2 is 1.00 bits per heavy atom. The number of ether oxygens (including phenoxy) is 8. The number of nitrogens with one attached hydrogen (secondary N) is 1. The Morgan fingerprint density at radius 1 is 0.571 bits per heavy atom. The van der Waals surface area contributed by atoms with E-state index in [2.05, 4.69) is 5.32 Å². The summed E-state index contributed by atoms with van der Waals surface area (Å²) >= 11 is 0. The average molecular weight is 770 g/mol. The van der Waals surface area contributed by atoms with E-state index in [0.29, 0.717) is 0 Å². The molecule has 2 N–H and O–H groups in total. The van der Waals surface area contributed by atoms with E-state index < -0.39 is 67.3 Å². The molecule has 6 rings (SSSR count). The van der Waals surface area contributed by atoms with Gasteiger partial charge in [0, 0.05) is 13.8 Å². The molecule has 0 aromatic heterocycles. The third-order valence-corrected chi connectivity index (χ3v) is 9.63. The van der Waals surface area contributed by atoms with Crippen LogP contribution in [0, 0.1) is 0 Å². The zero-order valence-electron chi connectivity index (χ0n) is 31.9. The van der Waals surface area contributed by atoms with Crippen LogP contribution in [-0.4, -0.2) is 84.9 Å². The molecule has 0 unspecified atom stereocenters. The lowest BCUT2D eigenvalue weighted by atomic mass is 9.95. The van der Waals surface area contributed by atoms with Crippen molar-refractivity contribution < 1.29 is 52.6 Å². The molecule has 0 spiro atoms. The quantitative estimate of drug-likeness (QED) is 0.136. The number of aliphatic hydroxyl groups excluding tert-OH is 1. The van der Waals surface area contributed by atoms with Gasteiger partial charge in [-0.25, -0.2) is 0 Å². The van der Waals surface area contributed by atoms with Gasteiger partial charge in [-0.05, 0) is 29.2 Å². The summed E-state index contributed by atoms with van der Waals surface area (Å²) in [5.41, 5.74) is 3.67. The summed E-state index contributed by atoms with van der Waals surface area (Å²) in [6.07, 6.45) is -8.30. The van der Waals surface area contributed by atoms with E-state index in [4.69, 9.17) is 37.9 Å². The predicted molar refractivity (Wildman–Crippen MR) is 204 cm³/mol. The molecule has 12 heteroatoms. The number of esters is 1. The lowest BCUT2D eigenvalue weighted by Gasteiger charge is -2.47. The van der Waals surface area contributed by atoms with Gasteiger partial charge in [0.25, 0.3) is 0 Å². The minimum Gasteiger partial charge on any atom is -0.454 e. The SMILES string of the molecule is CC(=O)N[C@@H]1[C@@H](OCc2ccccc2)[C@H](OCc2ccccc2)[C@@H](CO[C@@H]2O[C@@H](C)[C@H](OCc3ccccc3)[C@@H](OCc3ccccc3)[C@H]2OC(C)=O)O[C@@H]1O. The zero-order chi connectivity index (χ0) is 39.3. The highest BCUT2D eigenvalue weighted by Crippen LogP contribution is 2.33. The molecular formula is C44H51NO11. The van der Waals surface area contributed by atoms with E-state index in [0.717, 1.165) is 22.3 Å². The first-order chi connectivity index (χ1) is 27.2. The Morgan fingerprint density at radius 3 is 1.45 bits per heavy atom. The molecular weight excluding hydrogens is 718 g/mol. The van der Waals surface area contributed by atoms with Crippen LogP contribution < -0.4 is 5.32 Å². The maximum absolute atomic E-state index is 12.7. The number of hydrogen-bond donors (Lipinski definition) is 2. The van der Waals surface area contributed by atoms with Crippen LogP contribution in [0.15, 0.2) is 121 Å². The summed E-state index contributed by atoms with van der Waals surface area (Å²) in [6, 6.07) is 37.6. The van der Waals surface area contributed by atoms with Gasteiger partial charge in [0.1, 0.15) is 36.6 Å². The Hall–Kier alpha value is -4.50. The average Bonchev–Trinajstić information content (AvgIpc) is 3.20. The Bertz CT molecular complexity index is 1770. The molecule has 1 amide bonds. The topological polar surface area (TPSA) is 140 Å². The number of carbonyl (C=O) groups excluding carboxylic acids is 2. The lowest BCUT2D eigenvalue weighted by Crippen LogP contribution is -2.66. The minimum atomic E-state index is -1.47. The van der Waals surface area contributed by atoms with Crippen molar-refractivity contribution in [1.29, 1.82) is 0 Å². The Labute approximate surface area is 327 Å². The van der Waals surface area contributed by atoms with Crippen molar-refractivity contribution in [1.82, 2.24) is 5.32 Å². The molecule has 10 atom stereocenters. The summed E-state index contributed by atoms with van der Waals surface area (Å²) in [4.78, 5) is 25.0. The molecule has 56 heavy (non-hydrogen) atoms. The van der Waals surface area contributed by atoms with Crippen molar-refractivity contribution in [2.75, 3.05) is 6.61 Å². The number of aliphatic hydroxyl groups is 1. The number of amides is 1. The van der Waals surface area contributed by atoms with Crippen molar-refractivity contribution in [2.45, 2.75) is 109 Å². The van der Waals surface area contributed by atoms with Gasteiger partial charge in [0.2, 0.25) is 5.91 Å². The van der Waals surface area contributed by atoms with Gasteiger partial charge in [0.05, 0.1) is 39.1 Å². The second-order valence-corrected chi connectivity index (χ2v) is 14.0. The first-order valence-electron chi connectivity index (χ1n) is 18.9. The molecule has 2 fully saturated rings. The molecule has 0 bridgehead atoms. The highest BCUT2D eigenvalue weighted by molar-refractivity contribution is 5.73. The monoisotopic (exact) mass is 769 g/mol. The van der Waals surface area contributed by atoms with Crippen LogP contribution in [0.5, 0.6) is 0 Å². The molecule has 2 heterocycles. The molecule has 4 aromatic carbocycles. The summed E-state index contributed by atoms with van der Waals surface area (Å²) in [6.45, 7) is 5.20. The van der Waals surface area contributed by atoms with Gasteiger partial charge < -0.3 is 48.3 Å². The fourth-order valence-corrected chi connectivity index (χ4v) is 6.94. The second kappa shape index (κ2) is 20.6. The fraction of sp³-hybridized carbons (Fsp3) is 0.409. The van der Waals surface area contributed by atoms with Gasteiger partial charge in [-0.1, -0.05) is 121 Å². The molecule has 12 nitrogen and oxygen atoms in total. The Kier molecular flexibility index (Phi) is 15.1.